The molecule has 8 nitrogen and oxygen atoms in total. The molecule has 51 heavy (non-hydrogen) atoms. The highest BCUT2D eigenvalue weighted by Gasteiger charge is 2.17. The molecule has 0 bridgehead atoms. The Bertz CT molecular complexity index is 2120. The predicted molar refractivity (Wildman–Crippen MR) is 220 cm³/mol. The number of benzene rings is 2. The Morgan fingerprint density at radius 2 is 1.06 bits per heavy atom. The first kappa shape index (κ1) is 39.8. The maximum Gasteiger partial charge on any atom is 0.261 e. The van der Waals surface area contributed by atoms with Crippen molar-refractivity contribution in [2.75, 3.05) is 47.3 Å². The lowest BCUT2D eigenvalue weighted by Gasteiger charge is -2.19. The third-order valence-electron chi connectivity index (χ3n) is 8.29. The second-order valence-electron chi connectivity index (χ2n) is 14.7. The van der Waals surface area contributed by atoms with Crippen LogP contribution in [0, 0.1) is 0 Å². The molecule has 0 saturated carbocycles. The molecular formula is C41H54N6O2S2. The van der Waals surface area contributed by atoms with E-state index in [1.54, 1.807) is 0 Å². The van der Waals surface area contributed by atoms with E-state index >= 15 is 0 Å². The van der Waals surface area contributed by atoms with Gasteiger partial charge in [-0.1, -0.05) is 67.5 Å². The van der Waals surface area contributed by atoms with Crippen molar-refractivity contribution in [1.29, 1.82) is 0 Å². The molecular weight excluding hydrogens is 673 g/mol. The number of nitrogens with one attached hydrogen (secondary N) is 3. The Balaban J connectivity index is 0.000000218. The average Bonchev–Trinajstić information content (AvgIpc) is 3.69. The van der Waals surface area contributed by atoms with Crippen molar-refractivity contribution >= 4 is 76.7 Å². The van der Waals surface area contributed by atoms with Crippen LogP contribution in [0.25, 0.3) is 42.2 Å². The number of thiophene rings is 2. The Labute approximate surface area is 311 Å². The van der Waals surface area contributed by atoms with Crippen molar-refractivity contribution in [3.8, 4) is 0 Å². The molecule has 0 aliphatic rings. The van der Waals surface area contributed by atoms with Gasteiger partial charge in [-0.05, 0) is 91.6 Å². The number of fused-ring (bicyclic) bond motifs is 4. The van der Waals surface area contributed by atoms with Gasteiger partial charge in [0.25, 0.3) is 11.8 Å². The Morgan fingerprint density at radius 3 is 1.45 bits per heavy atom. The Morgan fingerprint density at radius 1 is 0.627 bits per heavy atom. The van der Waals surface area contributed by atoms with Gasteiger partial charge in [-0.3, -0.25) is 9.59 Å². The van der Waals surface area contributed by atoms with Crippen LogP contribution in [-0.4, -0.2) is 74.0 Å². The van der Waals surface area contributed by atoms with Gasteiger partial charge < -0.3 is 20.9 Å². The molecule has 2 aromatic carbocycles. The number of pyridine rings is 2. The third kappa shape index (κ3) is 10.3. The molecule has 0 radical (unpaired) electrons. The van der Waals surface area contributed by atoms with E-state index in [4.69, 9.17) is 9.97 Å². The van der Waals surface area contributed by atoms with E-state index in [9.17, 15) is 9.59 Å². The van der Waals surface area contributed by atoms with Crippen molar-refractivity contribution < 1.29 is 9.59 Å². The largest absolute Gasteiger partial charge is 0.350 e. The van der Waals surface area contributed by atoms with E-state index in [2.05, 4.69) is 106 Å². The smallest absolute Gasteiger partial charge is 0.261 e. The molecule has 10 heteroatoms. The van der Waals surface area contributed by atoms with Crippen molar-refractivity contribution in [3.63, 3.8) is 0 Å². The van der Waals surface area contributed by atoms with Crippen molar-refractivity contribution in [2.45, 2.75) is 66.2 Å². The normalized spacial score (nSPS) is 11.8. The van der Waals surface area contributed by atoms with Gasteiger partial charge in [0.2, 0.25) is 0 Å². The van der Waals surface area contributed by atoms with E-state index in [1.165, 1.54) is 33.8 Å². The third-order valence-corrected chi connectivity index (χ3v) is 10.4. The van der Waals surface area contributed by atoms with Gasteiger partial charge in [-0.25, -0.2) is 9.97 Å². The number of amides is 2. The first-order valence-electron chi connectivity index (χ1n) is 17.7. The molecule has 0 fully saturated rings. The number of hydrogen-bond donors (Lipinski definition) is 3. The standard InChI is InChI=1S/C20H25N3OS.C19H23N3OS.C2H6/c1-20(2,3)15-6-7-16-13(11-15)10-14-12-17(25-19(14)22-16)18(24)21-8-9-23(4)5;1-19(2,3)14-5-6-15-12(10-14)9-13-11-16(24-18(13)22-15)17(23)21-8-7-20-4;1-2/h6-7,10-12H,8-9H2,1-5H3,(H,21,24);5-6,9-11,20H,7-8H2,1-4H3,(H,21,23);1-2H3. The van der Waals surface area contributed by atoms with Crippen LogP contribution < -0.4 is 16.0 Å². The lowest BCUT2D eigenvalue weighted by molar-refractivity contribution is 0.0948. The van der Waals surface area contributed by atoms with Gasteiger partial charge in [0.1, 0.15) is 9.66 Å². The second-order valence-corrected chi connectivity index (χ2v) is 16.8. The fourth-order valence-electron chi connectivity index (χ4n) is 5.30. The summed E-state index contributed by atoms with van der Waals surface area (Å²) in [5, 5.41) is 13.2. The SMILES string of the molecule is CC.CN(C)CCNC(=O)c1cc2cc3cc(C(C)(C)C)ccc3nc2s1.CNCCNC(=O)c1cc2cc3cc(C(C)(C)C)ccc3nc2s1. The fourth-order valence-corrected chi connectivity index (χ4v) is 7.17. The van der Waals surface area contributed by atoms with Crippen LogP contribution in [0.4, 0.5) is 0 Å². The summed E-state index contributed by atoms with van der Waals surface area (Å²) >= 11 is 2.90. The summed E-state index contributed by atoms with van der Waals surface area (Å²) in [7, 11) is 5.85. The number of nitrogens with zero attached hydrogens (tertiary/aromatic N) is 3. The molecule has 0 unspecified atom stereocenters. The lowest BCUT2D eigenvalue weighted by Crippen LogP contribution is -2.30. The molecule has 2 amide bonds. The van der Waals surface area contributed by atoms with Gasteiger partial charge in [0.15, 0.2) is 0 Å². The summed E-state index contributed by atoms with van der Waals surface area (Å²) in [6.45, 7) is 20.1. The average molecular weight is 727 g/mol. The van der Waals surface area contributed by atoms with Gasteiger partial charge in [0.05, 0.1) is 20.8 Å². The molecule has 6 aromatic rings. The molecule has 0 aliphatic carbocycles. The lowest BCUT2D eigenvalue weighted by atomic mass is 9.86. The van der Waals surface area contributed by atoms with Gasteiger partial charge in [-0.15, -0.1) is 22.7 Å². The zero-order valence-corrected chi connectivity index (χ0v) is 33.7. The van der Waals surface area contributed by atoms with Crippen molar-refractivity contribution in [1.82, 2.24) is 30.8 Å². The summed E-state index contributed by atoms with van der Waals surface area (Å²) in [6.07, 6.45) is 0. The summed E-state index contributed by atoms with van der Waals surface area (Å²) in [5.74, 6) is -0.0584. The van der Waals surface area contributed by atoms with E-state index in [0.717, 1.165) is 55.3 Å². The second kappa shape index (κ2) is 17.0. The molecule has 0 saturated heterocycles. The van der Waals surface area contributed by atoms with Crippen LogP contribution in [0.2, 0.25) is 0 Å². The van der Waals surface area contributed by atoms with Gasteiger partial charge in [-0.2, -0.15) is 0 Å². The maximum atomic E-state index is 12.3. The molecule has 6 rings (SSSR count). The van der Waals surface area contributed by atoms with Crippen molar-refractivity contribution in [2.24, 2.45) is 0 Å². The van der Waals surface area contributed by atoms with E-state index < -0.39 is 0 Å². The summed E-state index contributed by atoms with van der Waals surface area (Å²) in [6, 6.07) is 21.0. The number of likely N-dealkylation sites (N-methyl/N-ethyl adjacent to an activating group) is 2. The van der Waals surface area contributed by atoms with E-state index in [1.807, 2.05) is 52.0 Å². The van der Waals surface area contributed by atoms with E-state index in [0.29, 0.717) is 22.8 Å². The van der Waals surface area contributed by atoms with Crippen LogP contribution in [-0.2, 0) is 10.8 Å². The minimum Gasteiger partial charge on any atom is -0.350 e. The van der Waals surface area contributed by atoms with Crippen LogP contribution in [0.5, 0.6) is 0 Å². The first-order chi connectivity index (χ1) is 24.1. The van der Waals surface area contributed by atoms with Crippen LogP contribution >= 0.6 is 22.7 Å². The molecule has 0 aliphatic heterocycles. The quantitative estimate of drug-likeness (QED) is 0.136. The molecule has 0 spiro atoms. The highest BCUT2D eigenvalue weighted by atomic mass is 32.1. The summed E-state index contributed by atoms with van der Waals surface area (Å²) in [5.41, 5.74) is 4.74. The van der Waals surface area contributed by atoms with Crippen LogP contribution in [0.3, 0.4) is 0 Å². The molecule has 4 heterocycles. The summed E-state index contributed by atoms with van der Waals surface area (Å²) < 4.78 is 0. The zero-order valence-electron chi connectivity index (χ0n) is 32.1. The minimum atomic E-state index is -0.0345. The fraction of sp³-hybridized carbons (Fsp3) is 0.415. The summed E-state index contributed by atoms with van der Waals surface area (Å²) in [4.78, 5) is 39.3. The maximum absolute atomic E-state index is 12.3. The molecule has 0 atom stereocenters. The molecule has 272 valence electrons. The van der Waals surface area contributed by atoms with Crippen molar-refractivity contribution in [3.05, 3.63) is 81.5 Å². The Hall–Kier alpha value is -3.96. The number of aromatic nitrogens is 2. The van der Waals surface area contributed by atoms with Gasteiger partial charge >= 0.3 is 0 Å². The number of carbonyl (C=O) groups is 2. The number of carbonyl (C=O) groups excluding carboxylic acids is 2. The highest BCUT2D eigenvalue weighted by Crippen LogP contribution is 2.32. The Kier molecular flexibility index (Phi) is 13.3. The topological polar surface area (TPSA) is 99.3 Å². The predicted octanol–water partition coefficient (Wildman–Crippen LogP) is 8.76. The zero-order chi connectivity index (χ0) is 37.5. The molecule has 3 N–H and O–H groups in total. The van der Waals surface area contributed by atoms with Gasteiger partial charge in [0, 0.05) is 47.7 Å². The first-order valence-corrected chi connectivity index (χ1v) is 19.3. The molecule has 4 aromatic heterocycles. The van der Waals surface area contributed by atoms with Crippen LogP contribution in [0.1, 0.15) is 85.9 Å². The van der Waals surface area contributed by atoms with Crippen LogP contribution in [0.15, 0.2) is 60.7 Å². The number of hydrogen-bond acceptors (Lipinski definition) is 8. The highest BCUT2D eigenvalue weighted by molar-refractivity contribution is 7.20. The van der Waals surface area contributed by atoms with E-state index in [-0.39, 0.29) is 22.6 Å². The number of rotatable bonds is 8. The minimum absolute atomic E-state index is 0.0238. The monoisotopic (exact) mass is 726 g/mol.